The second kappa shape index (κ2) is 5.92. The fourth-order valence-corrected chi connectivity index (χ4v) is 2.96. The van der Waals surface area contributed by atoms with Crippen LogP contribution >= 0.6 is 11.6 Å². The minimum Gasteiger partial charge on any atom is -0.396 e. The summed E-state index contributed by atoms with van der Waals surface area (Å²) in [7, 11) is -4.10. The number of nitrogens with one attached hydrogen (secondary N) is 1. The highest BCUT2D eigenvalue weighted by molar-refractivity contribution is 7.89. The number of hydrogen-bond donors (Lipinski definition) is 2. The minimum absolute atomic E-state index is 0.0319. The Labute approximate surface area is 126 Å². The molecule has 0 fully saturated rings. The highest BCUT2D eigenvalue weighted by atomic mass is 35.5. The third-order valence-electron chi connectivity index (χ3n) is 2.60. The average molecular weight is 331 g/mol. The van der Waals surface area contributed by atoms with E-state index in [1.165, 1.54) is 12.4 Å². The van der Waals surface area contributed by atoms with Crippen LogP contribution in [-0.2, 0) is 16.6 Å². The average Bonchev–Trinajstić information content (AvgIpc) is 2.42. The third kappa shape index (κ3) is 3.66. The van der Waals surface area contributed by atoms with Gasteiger partial charge < -0.3 is 5.73 Å². The highest BCUT2D eigenvalue weighted by Crippen LogP contribution is 2.25. The summed E-state index contributed by atoms with van der Waals surface area (Å²) in [6.07, 6.45) is 2.93. The smallest absolute Gasteiger partial charge is 0.243 e. The molecule has 21 heavy (non-hydrogen) atoms. The van der Waals surface area contributed by atoms with Gasteiger partial charge in [-0.1, -0.05) is 11.6 Å². The molecule has 1 aromatic carbocycles. The first kappa shape index (κ1) is 15.6. The second-order valence-electron chi connectivity index (χ2n) is 4.28. The van der Waals surface area contributed by atoms with E-state index in [-0.39, 0.29) is 17.3 Å². The van der Waals surface area contributed by atoms with Crippen molar-refractivity contribution in [1.82, 2.24) is 14.7 Å². The quantitative estimate of drug-likeness (QED) is 0.830. The lowest BCUT2D eigenvalue weighted by Crippen LogP contribution is -2.25. The normalized spacial score (nSPS) is 11.6. The standard InChI is InChI=1S/C12H12ClFN4O2S/c1-7-4-17-9(5-16-7)6-18-21(19,20)11-3-8(13)2-10(15)12(11)14/h2-5,18H,6,15H2,1H3. The molecule has 0 saturated heterocycles. The zero-order chi connectivity index (χ0) is 15.6. The maximum atomic E-state index is 13.8. The fraction of sp³-hybridized carbons (Fsp3) is 0.167. The molecule has 9 heteroatoms. The van der Waals surface area contributed by atoms with E-state index in [0.717, 1.165) is 12.1 Å². The summed E-state index contributed by atoms with van der Waals surface area (Å²) in [4.78, 5) is 7.38. The van der Waals surface area contributed by atoms with Crippen molar-refractivity contribution in [2.24, 2.45) is 0 Å². The van der Waals surface area contributed by atoms with E-state index < -0.39 is 20.7 Å². The molecule has 0 spiro atoms. The lowest BCUT2D eigenvalue weighted by molar-refractivity contribution is 0.558. The van der Waals surface area contributed by atoms with E-state index in [1.54, 1.807) is 6.92 Å². The lowest BCUT2D eigenvalue weighted by Gasteiger charge is -2.09. The summed E-state index contributed by atoms with van der Waals surface area (Å²) in [6, 6.07) is 2.14. The number of aromatic nitrogens is 2. The van der Waals surface area contributed by atoms with Gasteiger partial charge in [-0.05, 0) is 19.1 Å². The van der Waals surface area contributed by atoms with E-state index in [1.807, 2.05) is 0 Å². The number of nitrogens with zero attached hydrogens (tertiary/aromatic N) is 2. The van der Waals surface area contributed by atoms with E-state index >= 15 is 0 Å². The topological polar surface area (TPSA) is 98.0 Å². The molecule has 0 aliphatic heterocycles. The van der Waals surface area contributed by atoms with Crippen LogP contribution in [0.25, 0.3) is 0 Å². The summed E-state index contributed by atoms with van der Waals surface area (Å²) in [5, 5.41) is 0.0319. The molecular weight excluding hydrogens is 319 g/mol. The molecule has 1 heterocycles. The summed E-state index contributed by atoms with van der Waals surface area (Å²) in [5.74, 6) is -1.04. The summed E-state index contributed by atoms with van der Waals surface area (Å²) < 4.78 is 40.2. The van der Waals surface area contributed by atoms with Gasteiger partial charge in [0.15, 0.2) is 5.82 Å². The maximum absolute atomic E-state index is 13.8. The SMILES string of the molecule is Cc1cnc(CNS(=O)(=O)c2cc(Cl)cc(N)c2F)cn1. The van der Waals surface area contributed by atoms with Crippen LogP contribution in [0, 0.1) is 12.7 Å². The van der Waals surface area contributed by atoms with Gasteiger partial charge >= 0.3 is 0 Å². The van der Waals surface area contributed by atoms with Crippen molar-refractivity contribution in [2.45, 2.75) is 18.4 Å². The number of rotatable bonds is 4. The summed E-state index contributed by atoms with van der Waals surface area (Å²) in [5.41, 5.74) is 6.14. The molecule has 0 atom stereocenters. The Balaban J connectivity index is 2.25. The first-order chi connectivity index (χ1) is 9.79. The number of hydrogen-bond acceptors (Lipinski definition) is 5. The summed E-state index contributed by atoms with van der Waals surface area (Å²) in [6.45, 7) is 1.63. The van der Waals surface area contributed by atoms with Crippen molar-refractivity contribution in [3.05, 3.63) is 46.8 Å². The van der Waals surface area contributed by atoms with Crippen molar-refractivity contribution < 1.29 is 12.8 Å². The van der Waals surface area contributed by atoms with Crippen LogP contribution in [0.15, 0.2) is 29.4 Å². The van der Waals surface area contributed by atoms with Crippen LogP contribution in [0.2, 0.25) is 5.02 Å². The molecule has 0 aliphatic carbocycles. The van der Waals surface area contributed by atoms with Crippen LogP contribution in [0.4, 0.5) is 10.1 Å². The van der Waals surface area contributed by atoms with Gasteiger partial charge in [0.1, 0.15) is 4.90 Å². The second-order valence-corrected chi connectivity index (χ2v) is 6.45. The zero-order valence-electron chi connectivity index (χ0n) is 11.0. The molecule has 3 N–H and O–H groups in total. The molecule has 2 aromatic rings. The van der Waals surface area contributed by atoms with Crippen LogP contribution in [0.3, 0.4) is 0 Å². The van der Waals surface area contributed by atoms with Crippen molar-refractivity contribution in [1.29, 1.82) is 0 Å². The van der Waals surface area contributed by atoms with Crippen molar-refractivity contribution in [2.75, 3.05) is 5.73 Å². The molecule has 0 amide bonds. The van der Waals surface area contributed by atoms with Gasteiger partial charge in [0.05, 0.1) is 29.8 Å². The van der Waals surface area contributed by atoms with E-state index in [9.17, 15) is 12.8 Å². The Morgan fingerprint density at radius 2 is 2.05 bits per heavy atom. The number of benzene rings is 1. The van der Waals surface area contributed by atoms with Crippen LogP contribution in [0.1, 0.15) is 11.4 Å². The predicted molar refractivity (Wildman–Crippen MR) is 76.6 cm³/mol. The van der Waals surface area contributed by atoms with Gasteiger partial charge in [0.2, 0.25) is 10.0 Å². The van der Waals surface area contributed by atoms with Gasteiger partial charge in [-0.15, -0.1) is 0 Å². The predicted octanol–water partition coefficient (Wildman–Crippen LogP) is 1.64. The Morgan fingerprint density at radius 1 is 1.33 bits per heavy atom. The molecule has 2 rings (SSSR count). The molecular formula is C12H12ClFN4O2S. The molecule has 1 aromatic heterocycles. The fourth-order valence-electron chi connectivity index (χ4n) is 1.54. The number of halogens is 2. The van der Waals surface area contributed by atoms with Gasteiger partial charge in [0, 0.05) is 11.2 Å². The van der Waals surface area contributed by atoms with Crippen LogP contribution < -0.4 is 10.5 Å². The molecule has 6 nitrogen and oxygen atoms in total. The molecule has 0 saturated carbocycles. The van der Waals surface area contributed by atoms with Gasteiger partial charge in [0.25, 0.3) is 0 Å². The van der Waals surface area contributed by atoms with Gasteiger partial charge in [-0.2, -0.15) is 0 Å². The molecule has 0 aliphatic rings. The number of sulfonamides is 1. The number of nitrogen functional groups attached to an aromatic ring is 1. The maximum Gasteiger partial charge on any atom is 0.243 e. The van der Waals surface area contributed by atoms with E-state index in [0.29, 0.717) is 11.4 Å². The zero-order valence-corrected chi connectivity index (χ0v) is 12.5. The van der Waals surface area contributed by atoms with E-state index in [4.69, 9.17) is 17.3 Å². The number of aryl methyl sites for hydroxylation is 1. The lowest BCUT2D eigenvalue weighted by atomic mass is 10.3. The Morgan fingerprint density at radius 3 is 2.67 bits per heavy atom. The third-order valence-corrected chi connectivity index (χ3v) is 4.22. The van der Waals surface area contributed by atoms with Crippen molar-refractivity contribution >= 4 is 27.3 Å². The molecule has 0 bridgehead atoms. The highest BCUT2D eigenvalue weighted by Gasteiger charge is 2.21. The number of nitrogens with two attached hydrogens (primary N) is 1. The largest absolute Gasteiger partial charge is 0.396 e. The van der Waals surface area contributed by atoms with Gasteiger partial charge in [-0.3, -0.25) is 9.97 Å². The van der Waals surface area contributed by atoms with Crippen LogP contribution in [0.5, 0.6) is 0 Å². The summed E-state index contributed by atoms with van der Waals surface area (Å²) >= 11 is 5.70. The minimum atomic E-state index is -4.10. The Kier molecular flexibility index (Phi) is 4.40. The Bertz CT molecular complexity index is 766. The van der Waals surface area contributed by atoms with Crippen LogP contribution in [-0.4, -0.2) is 18.4 Å². The van der Waals surface area contributed by atoms with Crippen molar-refractivity contribution in [3.8, 4) is 0 Å². The van der Waals surface area contributed by atoms with Crippen molar-refractivity contribution in [3.63, 3.8) is 0 Å². The number of anilines is 1. The first-order valence-corrected chi connectivity index (χ1v) is 7.67. The molecule has 0 radical (unpaired) electrons. The van der Waals surface area contributed by atoms with E-state index in [2.05, 4.69) is 14.7 Å². The Hall–Kier alpha value is -1.77. The first-order valence-electron chi connectivity index (χ1n) is 5.81. The van der Waals surface area contributed by atoms with Gasteiger partial charge in [-0.25, -0.2) is 17.5 Å². The monoisotopic (exact) mass is 330 g/mol. The molecule has 0 unspecified atom stereocenters. The molecule has 112 valence electrons.